The van der Waals surface area contributed by atoms with E-state index in [-0.39, 0.29) is 11.9 Å². The van der Waals surface area contributed by atoms with E-state index < -0.39 is 4.76 Å². The molecule has 18 heavy (non-hydrogen) atoms. The summed E-state index contributed by atoms with van der Waals surface area (Å²) in [5.41, 5.74) is 2.59. The third-order valence-electron chi connectivity index (χ3n) is 3.45. The van der Waals surface area contributed by atoms with Crippen molar-refractivity contribution in [3.8, 4) is 0 Å². The Morgan fingerprint density at radius 1 is 1.44 bits per heavy atom. The highest BCUT2D eigenvalue weighted by atomic mass is 16.6. The maximum atomic E-state index is 12.3. The Kier molecular flexibility index (Phi) is 6.07. The number of carbonyl (C=O) groups excluding carboxylic acids is 2. The first-order valence-electron chi connectivity index (χ1n) is 6.65. The summed E-state index contributed by atoms with van der Waals surface area (Å²) in [6.07, 6.45) is 5.23. The largest absolute Gasteiger partial charge is 0.606 e. The van der Waals surface area contributed by atoms with Crippen LogP contribution in [0.3, 0.4) is 0 Å². The summed E-state index contributed by atoms with van der Waals surface area (Å²) in [5.74, 6) is -0.190. The second-order valence-electron chi connectivity index (χ2n) is 4.93. The van der Waals surface area contributed by atoms with Crippen LogP contribution in [0.5, 0.6) is 0 Å². The number of quaternary nitrogens is 1. The maximum absolute atomic E-state index is 12.3. The van der Waals surface area contributed by atoms with E-state index in [4.69, 9.17) is 0 Å². The summed E-state index contributed by atoms with van der Waals surface area (Å²) in [6.45, 7) is 2.94. The number of nitrogens with zero attached hydrogens (tertiary/aromatic N) is 1. The van der Waals surface area contributed by atoms with E-state index in [1.54, 1.807) is 0 Å². The number of carbonyl (C=O) groups is 2. The maximum Gasteiger partial charge on any atom is 0.265 e. The van der Waals surface area contributed by atoms with Gasteiger partial charge in [-0.05, 0) is 32.6 Å². The van der Waals surface area contributed by atoms with Gasteiger partial charge in [-0.1, -0.05) is 0 Å². The average Bonchev–Trinajstić information content (AvgIpc) is 2.33. The fraction of sp³-hybridized carbons (Fsp3) is 0.833. The molecule has 1 aliphatic heterocycles. The average molecular weight is 257 g/mol. The minimum atomic E-state index is -0.578. The summed E-state index contributed by atoms with van der Waals surface area (Å²) in [5, 5.41) is 14.9. The molecule has 1 rings (SSSR count). The fourth-order valence-corrected chi connectivity index (χ4v) is 2.22. The van der Waals surface area contributed by atoms with E-state index >= 15 is 0 Å². The number of amides is 2. The van der Waals surface area contributed by atoms with Crippen molar-refractivity contribution in [2.24, 2.45) is 0 Å². The van der Waals surface area contributed by atoms with Crippen molar-refractivity contribution in [3.05, 3.63) is 5.21 Å². The van der Waals surface area contributed by atoms with E-state index in [0.717, 1.165) is 25.7 Å². The highest BCUT2D eigenvalue weighted by Crippen LogP contribution is 2.21. The van der Waals surface area contributed by atoms with Crippen LogP contribution in [0.4, 0.5) is 0 Å². The van der Waals surface area contributed by atoms with Crippen LogP contribution >= 0.6 is 0 Å². The molecule has 0 spiro atoms. The molecule has 1 heterocycles. The first kappa shape index (κ1) is 14.9. The number of nitrogens with one attached hydrogen (secondary N) is 2. The number of hydrogen-bond donors (Lipinski definition) is 2. The highest BCUT2D eigenvalue weighted by Gasteiger charge is 2.30. The molecule has 0 aromatic rings. The molecule has 2 N–H and O–H groups in total. The van der Waals surface area contributed by atoms with Crippen molar-refractivity contribution in [3.63, 3.8) is 0 Å². The van der Waals surface area contributed by atoms with Gasteiger partial charge in [0.2, 0.25) is 6.41 Å². The van der Waals surface area contributed by atoms with Crippen LogP contribution in [0.2, 0.25) is 0 Å². The zero-order chi connectivity index (χ0) is 13.4. The molecular formula is C12H23N3O3. The number of hydrogen-bond acceptors (Lipinski definition) is 3. The van der Waals surface area contributed by atoms with E-state index in [1.165, 1.54) is 0 Å². The monoisotopic (exact) mass is 257 g/mol. The lowest BCUT2D eigenvalue weighted by Crippen LogP contribution is -2.62. The summed E-state index contributed by atoms with van der Waals surface area (Å²) >= 11 is 0. The van der Waals surface area contributed by atoms with Crippen molar-refractivity contribution in [1.82, 2.24) is 10.7 Å². The predicted molar refractivity (Wildman–Crippen MR) is 67.9 cm³/mol. The van der Waals surface area contributed by atoms with Gasteiger partial charge in [-0.25, -0.2) is 5.43 Å². The zero-order valence-corrected chi connectivity index (χ0v) is 11.0. The van der Waals surface area contributed by atoms with Gasteiger partial charge in [0.25, 0.3) is 5.91 Å². The Bertz CT molecular complexity index is 286. The summed E-state index contributed by atoms with van der Waals surface area (Å²) in [4.78, 5) is 21.7. The minimum absolute atomic E-state index is 0.0561. The van der Waals surface area contributed by atoms with E-state index in [9.17, 15) is 14.8 Å². The SMILES string of the molecule is CC1CCCC[N+]1([O-])NC(=O)CCCCNC=O. The molecule has 0 bridgehead atoms. The van der Waals surface area contributed by atoms with Gasteiger partial charge in [-0.2, -0.15) is 0 Å². The second kappa shape index (κ2) is 7.33. The van der Waals surface area contributed by atoms with Gasteiger partial charge in [0, 0.05) is 19.4 Å². The Hall–Kier alpha value is -1.14. The first-order valence-corrected chi connectivity index (χ1v) is 6.65. The molecule has 0 aromatic carbocycles. The Labute approximate surface area is 108 Å². The molecule has 6 heteroatoms. The van der Waals surface area contributed by atoms with Gasteiger partial charge in [0.1, 0.15) is 12.6 Å². The van der Waals surface area contributed by atoms with E-state index in [1.807, 2.05) is 6.92 Å². The van der Waals surface area contributed by atoms with Crippen LogP contribution in [0.25, 0.3) is 0 Å². The summed E-state index contributed by atoms with van der Waals surface area (Å²) in [7, 11) is 0. The number of hydroxylamine groups is 2. The van der Waals surface area contributed by atoms with Crippen molar-refractivity contribution >= 4 is 12.3 Å². The fourth-order valence-electron chi connectivity index (χ4n) is 2.22. The molecule has 0 aliphatic carbocycles. The lowest BCUT2D eigenvalue weighted by atomic mass is 10.1. The number of rotatable bonds is 7. The summed E-state index contributed by atoms with van der Waals surface area (Å²) in [6, 6.07) is -0.0561. The molecule has 0 aromatic heterocycles. The Balaban J connectivity index is 2.23. The normalized spacial score (nSPS) is 27.6. The topological polar surface area (TPSA) is 81.3 Å². The van der Waals surface area contributed by atoms with Crippen LogP contribution in [0.15, 0.2) is 0 Å². The quantitative estimate of drug-likeness (QED) is 0.307. The molecule has 2 atom stereocenters. The number of piperidine rings is 1. The van der Waals surface area contributed by atoms with Crippen LogP contribution in [0, 0.1) is 5.21 Å². The van der Waals surface area contributed by atoms with Crippen molar-refractivity contribution in [2.45, 2.75) is 51.5 Å². The second-order valence-corrected chi connectivity index (χ2v) is 4.93. The highest BCUT2D eigenvalue weighted by molar-refractivity contribution is 5.74. The van der Waals surface area contributed by atoms with Crippen LogP contribution in [0.1, 0.15) is 45.4 Å². The smallest absolute Gasteiger partial charge is 0.265 e. The van der Waals surface area contributed by atoms with Crippen LogP contribution in [-0.2, 0) is 9.59 Å². The standard InChI is InChI=1S/C12H23N3O3/c1-11-6-3-5-9-15(11,18)14-12(17)7-2-4-8-13-10-16/h10-11H,2-9H2,1H3,(H,13,16)(H,14,17). The molecular weight excluding hydrogens is 234 g/mol. The van der Waals surface area contributed by atoms with Crippen LogP contribution in [-0.4, -0.2) is 36.2 Å². The lowest BCUT2D eigenvalue weighted by Gasteiger charge is -2.48. The summed E-state index contributed by atoms with van der Waals surface area (Å²) < 4.78 is -0.578. The predicted octanol–water partition coefficient (Wildman–Crippen LogP) is 0.821. The number of unbranched alkanes of at least 4 members (excludes halogenated alkanes) is 1. The van der Waals surface area contributed by atoms with E-state index in [2.05, 4.69) is 10.7 Å². The van der Waals surface area contributed by atoms with E-state index in [0.29, 0.717) is 32.3 Å². The van der Waals surface area contributed by atoms with Crippen molar-refractivity contribution < 1.29 is 14.3 Å². The first-order chi connectivity index (χ1) is 8.58. The van der Waals surface area contributed by atoms with Gasteiger partial charge in [-0.15, -0.1) is 0 Å². The van der Waals surface area contributed by atoms with Crippen molar-refractivity contribution in [1.29, 1.82) is 0 Å². The minimum Gasteiger partial charge on any atom is -0.606 e. The Morgan fingerprint density at radius 2 is 2.22 bits per heavy atom. The molecule has 104 valence electrons. The molecule has 1 fully saturated rings. The Morgan fingerprint density at radius 3 is 2.89 bits per heavy atom. The third kappa shape index (κ3) is 4.62. The molecule has 1 saturated heterocycles. The van der Waals surface area contributed by atoms with Gasteiger partial charge in [-0.3, -0.25) is 14.3 Å². The van der Waals surface area contributed by atoms with Crippen molar-refractivity contribution in [2.75, 3.05) is 13.1 Å². The van der Waals surface area contributed by atoms with Gasteiger partial charge in [0.05, 0.1) is 0 Å². The molecule has 1 aliphatic rings. The lowest BCUT2D eigenvalue weighted by molar-refractivity contribution is -0.942. The molecule has 2 amide bonds. The molecule has 2 unspecified atom stereocenters. The molecule has 0 saturated carbocycles. The molecule has 6 nitrogen and oxygen atoms in total. The third-order valence-corrected chi connectivity index (χ3v) is 3.45. The van der Waals surface area contributed by atoms with Gasteiger partial charge < -0.3 is 10.5 Å². The molecule has 0 radical (unpaired) electrons. The van der Waals surface area contributed by atoms with Gasteiger partial charge in [0.15, 0.2) is 0 Å². The van der Waals surface area contributed by atoms with Gasteiger partial charge >= 0.3 is 0 Å². The zero-order valence-electron chi connectivity index (χ0n) is 11.0. The van der Waals surface area contributed by atoms with Crippen LogP contribution < -0.4 is 10.7 Å².